The molecule has 0 bridgehead atoms. The predicted molar refractivity (Wildman–Crippen MR) is 376 cm³/mol. The van der Waals surface area contributed by atoms with Gasteiger partial charge in [-0.25, -0.2) is 0 Å². The zero-order chi connectivity index (χ0) is 64.6. The second-order valence-corrected chi connectivity index (χ2v) is 28.1. The Balaban J connectivity index is 2.14. The van der Waals surface area contributed by atoms with Crippen molar-refractivity contribution < 1.29 is 50.0 Å². The van der Waals surface area contributed by atoms with Crippen LogP contribution in [0.3, 0.4) is 0 Å². The molecule has 530 valence electrons. The number of carbonyl (C=O) groups is 1. The Morgan fingerprint density at radius 1 is 0.382 bits per heavy atom. The van der Waals surface area contributed by atoms with Crippen molar-refractivity contribution in [1.82, 2.24) is 5.32 Å². The molecule has 11 heteroatoms. The highest BCUT2D eigenvalue weighted by Crippen LogP contribution is 2.24. The molecule has 9 unspecified atom stereocenters. The van der Waals surface area contributed by atoms with Gasteiger partial charge in [-0.15, -0.1) is 0 Å². The van der Waals surface area contributed by atoms with Crippen LogP contribution in [0.2, 0.25) is 0 Å². The summed E-state index contributed by atoms with van der Waals surface area (Å²) < 4.78 is 11.2. The molecule has 1 amide bonds. The van der Waals surface area contributed by atoms with Crippen molar-refractivity contribution in [1.29, 1.82) is 0 Å². The van der Waals surface area contributed by atoms with Crippen LogP contribution in [0.15, 0.2) is 12.2 Å². The molecule has 89 heavy (non-hydrogen) atoms. The van der Waals surface area contributed by atoms with E-state index in [0.29, 0.717) is 12.8 Å². The van der Waals surface area contributed by atoms with Crippen molar-refractivity contribution in [3.8, 4) is 0 Å². The maximum absolute atomic E-state index is 13.3. The fraction of sp³-hybridized carbons (Fsp3) is 0.962. The van der Waals surface area contributed by atoms with Crippen molar-refractivity contribution >= 4 is 5.91 Å². The zero-order valence-corrected chi connectivity index (χ0v) is 59.0. The molecule has 1 aliphatic rings. The summed E-state index contributed by atoms with van der Waals surface area (Å²) in [5.74, 6) is -0.696. The fourth-order valence-electron chi connectivity index (χ4n) is 13.3. The first-order valence-corrected chi connectivity index (χ1v) is 39.6. The van der Waals surface area contributed by atoms with E-state index in [1.807, 2.05) is 0 Å². The Labute approximate surface area is 551 Å². The van der Waals surface area contributed by atoms with E-state index in [1.54, 1.807) is 0 Å². The predicted octanol–water partition coefficient (Wildman–Crippen LogP) is 20.2. The molecular formula is C78H153NO10. The molecule has 9 atom stereocenters. The summed E-state index contributed by atoms with van der Waals surface area (Å²) in [6.07, 6.45) is 73.4. The third-order valence-electron chi connectivity index (χ3n) is 19.6. The van der Waals surface area contributed by atoms with Crippen LogP contribution in [0.1, 0.15) is 412 Å². The molecule has 0 aromatic heterocycles. The molecule has 11 nitrogen and oxygen atoms in total. The number of ether oxygens (including phenoxy) is 2. The normalized spacial score (nSPS) is 18.5. The average molecular weight is 1270 g/mol. The van der Waals surface area contributed by atoms with Crippen molar-refractivity contribution in [2.24, 2.45) is 0 Å². The minimum absolute atomic E-state index is 0.260. The number of allylic oxidation sites excluding steroid dienone is 2. The molecule has 1 saturated heterocycles. The van der Waals surface area contributed by atoms with E-state index in [1.165, 1.54) is 340 Å². The Morgan fingerprint density at radius 3 is 0.966 bits per heavy atom. The molecule has 0 aromatic rings. The molecule has 0 spiro atoms. The van der Waals surface area contributed by atoms with E-state index in [0.717, 1.165) is 32.1 Å². The number of carbonyl (C=O) groups excluding carboxylic acids is 1. The number of aliphatic hydroxyl groups is 7. The maximum Gasteiger partial charge on any atom is 0.249 e. The summed E-state index contributed by atoms with van der Waals surface area (Å²) in [5.41, 5.74) is 0. The van der Waals surface area contributed by atoms with Gasteiger partial charge in [-0.2, -0.15) is 0 Å². The minimum atomic E-state index is -1.67. The lowest BCUT2D eigenvalue weighted by molar-refractivity contribution is -0.303. The molecule has 0 aliphatic carbocycles. The molecule has 1 rings (SSSR count). The van der Waals surface area contributed by atoms with Crippen LogP contribution in [0.4, 0.5) is 0 Å². The first kappa shape index (κ1) is 85.9. The van der Waals surface area contributed by atoms with Gasteiger partial charge in [0, 0.05) is 0 Å². The Bertz CT molecular complexity index is 1450. The van der Waals surface area contributed by atoms with E-state index >= 15 is 0 Å². The smallest absolute Gasteiger partial charge is 0.249 e. The average Bonchev–Trinajstić information content (AvgIpc) is 3.59. The zero-order valence-electron chi connectivity index (χ0n) is 59.0. The minimum Gasteiger partial charge on any atom is -0.394 e. The SMILES string of the molecule is CCCCCCCCCCCCCCCCCCCCCCCCC/C=C/CCCC(O)C(O)C(COC1OC(CO)C(O)C(O)C1O)NC(=O)C(O)CCCCCCCCCCCCCCCCCCCCCCCCCCCCCCCCCCCC. The van der Waals surface area contributed by atoms with Crippen LogP contribution < -0.4 is 5.32 Å². The number of hydrogen-bond donors (Lipinski definition) is 8. The topological polar surface area (TPSA) is 189 Å². The van der Waals surface area contributed by atoms with Gasteiger partial charge < -0.3 is 50.5 Å². The summed E-state index contributed by atoms with van der Waals surface area (Å²) in [7, 11) is 0. The lowest BCUT2D eigenvalue weighted by Gasteiger charge is -2.40. The monoisotopic (exact) mass is 1260 g/mol. The molecule has 1 fully saturated rings. The number of hydrogen-bond acceptors (Lipinski definition) is 10. The lowest BCUT2D eigenvalue weighted by atomic mass is 9.98. The van der Waals surface area contributed by atoms with Gasteiger partial charge in [-0.1, -0.05) is 386 Å². The van der Waals surface area contributed by atoms with Gasteiger partial charge in [-0.3, -0.25) is 4.79 Å². The van der Waals surface area contributed by atoms with Crippen LogP contribution in [0.5, 0.6) is 0 Å². The van der Waals surface area contributed by atoms with Crippen molar-refractivity contribution in [3.05, 3.63) is 12.2 Å². The second-order valence-electron chi connectivity index (χ2n) is 28.1. The Morgan fingerprint density at radius 2 is 0.663 bits per heavy atom. The number of unbranched alkanes of at least 4 members (excludes halogenated alkanes) is 57. The van der Waals surface area contributed by atoms with Crippen LogP contribution >= 0.6 is 0 Å². The van der Waals surface area contributed by atoms with Crippen LogP contribution in [-0.2, 0) is 14.3 Å². The summed E-state index contributed by atoms with van der Waals surface area (Å²) in [5, 5.41) is 76.7. The fourth-order valence-corrected chi connectivity index (χ4v) is 13.3. The Kier molecular flexibility index (Phi) is 64.5. The summed E-state index contributed by atoms with van der Waals surface area (Å²) in [6, 6.07) is -1.18. The van der Waals surface area contributed by atoms with Crippen molar-refractivity contribution in [3.63, 3.8) is 0 Å². The quantitative estimate of drug-likeness (QED) is 0.0215. The van der Waals surface area contributed by atoms with E-state index in [-0.39, 0.29) is 12.8 Å². The van der Waals surface area contributed by atoms with Gasteiger partial charge in [0.25, 0.3) is 0 Å². The van der Waals surface area contributed by atoms with Crippen LogP contribution in [0, 0.1) is 0 Å². The number of amides is 1. The van der Waals surface area contributed by atoms with E-state index in [2.05, 4.69) is 31.3 Å². The number of aliphatic hydroxyl groups excluding tert-OH is 7. The van der Waals surface area contributed by atoms with Gasteiger partial charge in [0.1, 0.15) is 36.6 Å². The highest BCUT2D eigenvalue weighted by molar-refractivity contribution is 5.80. The Hall–Kier alpha value is -1.15. The maximum atomic E-state index is 13.3. The summed E-state index contributed by atoms with van der Waals surface area (Å²) >= 11 is 0. The standard InChI is InChI=1S/C78H153NO10/c1-3-5-7-9-11-13-15-17-19-21-23-25-27-29-31-33-34-35-36-37-38-40-42-44-46-48-50-52-54-56-58-60-62-64-66-71(82)77(87)79-69(68-88-78-76(86)75(85)74(84)72(67-80)89-78)73(83)70(81)65-63-61-59-57-55-53-51-49-47-45-43-41-39-32-30-28-26-24-22-20-18-16-14-12-10-8-6-4-2/h57,59,69-76,78,80-86H,3-56,58,60-68H2,1-2H3,(H,79,87)/b59-57+. The van der Waals surface area contributed by atoms with Gasteiger partial charge in [0.05, 0.1) is 25.4 Å². The molecule has 8 N–H and O–H groups in total. The van der Waals surface area contributed by atoms with Gasteiger partial charge in [-0.05, 0) is 38.5 Å². The van der Waals surface area contributed by atoms with Gasteiger partial charge >= 0.3 is 0 Å². The van der Waals surface area contributed by atoms with Gasteiger partial charge in [0.15, 0.2) is 6.29 Å². The highest BCUT2D eigenvalue weighted by atomic mass is 16.7. The summed E-state index contributed by atoms with van der Waals surface area (Å²) in [6.45, 7) is 3.52. The highest BCUT2D eigenvalue weighted by Gasteiger charge is 2.44. The third kappa shape index (κ3) is 53.8. The third-order valence-corrected chi connectivity index (χ3v) is 19.6. The van der Waals surface area contributed by atoms with Crippen LogP contribution in [-0.4, -0.2) is 110 Å². The van der Waals surface area contributed by atoms with Crippen molar-refractivity contribution in [2.75, 3.05) is 13.2 Å². The molecule has 1 heterocycles. The largest absolute Gasteiger partial charge is 0.394 e. The second kappa shape index (κ2) is 66.9. The summed E-state index contributed by atoms with van der Waals surface area (Å²) in [4.78, 5) is 13.3. The van der Waals surface area contributed by atoms with Crippen molar-refractivity contribution in [2.45, 2.75) is 467 Å². The first-order chi connectivity index (χ1) is 43.7. The molecule has 1 aliphatic heterocycles. The van der Waals surface area contributed by atoms with E-state index in [4.69, 9.17) is 9.47 Å². The molecule has 0 aromatic carbocycles. The van der Waals surface area contributed by atoms with Crippen LogP contribution in [0.25, 0.3) is 0 Å². The van der Waals surface area contributed by atoms with E-state index in [9.17, 15) is 40.5 Å². The van der Waals surface area contributed by atoms with E-state index < -0.39 is 74.2 Å². The molecule has 0 radical (unpaired) electrons. The molecular weight excluding hydrogens is 1110 g/mol. The van der Waals surface area contributed by atoms with Gasteiger partial charge in [0.2, 0.25) is 5.91 Å². The molecule has 0 saturated carbocycles. The first-order valence-electron chi connectivity index (χ1n) is 39.6. The lowest BCUT2D eigenvalue weighted by Crippen LogP contribution is -2.60. The number of rotatable bonds is 71. The number of nitrogens with one attached hydrogen (secondary N) is 1.